The van der Waals surface area contributed by atoms with Crippen LogP contribution < -0.4 is 0 Å². The minimum absolute atomic E-state index is 0.0694. The van der Waals surface area contributed by atoms with E-state index in [1.165, 1.54) is 5.56 Å². The molecule has 0 amide bonds. The van der Waals surface area contributed by atoms with Gasteiger partial charge in [-0.25, -0.2) is 0 Å². The van der Waals surface area contributed by atoms with E-state index >= 15 is 0 Å². The Labute approximate surface area is 118 Å². The molecule has 0 saturated heterocycles. The van der Waals surface area contributed by atoms with Gasteiger partial charge in [-0.3, -0.25) is 0 Å². The summed E-state index contributed by atoms with van der Waals surface area (Å²) in [7, 11) is 0. The van der Waals surface area contributed by atoms with E-state index in [2.05, 4.69) is 22.3 Å². The van der Waals surface area contributed by atoms with E-state index in [1.807, 2.05) is 25.1 Å². The van der Waals surface area contributed by atoms with E-state index in [-0.39, 0.29) is 11.3 Å². The van der Waals surface area contributed by atoms with Crippen molar-refractivity contribution in [3.8, 4) is 0 Å². The molecule has 1 aromatic carbocycles. The molecule has 0 radical (unpaired) electrons. The molecule has 3 rings (SSSR count). The fraction of sp³-hybridized carbons (Fsp3) is 0.500. The standard InChI is InChI=1S/C16H20N2O2/c1-3-13(11(2)19)14-17-15(18-20-14)16(9-10-16)12-7-5-4-6-8-12/h4-8,11,13,19H,3,9-10H2,1-2H3. The van der Waals surface area contributed by atoms with E-state index in [4.69, 9.17) is 4.52 Å². The SMILES string of the molecule is CCC(c1nc(C2(c3ccccc3)CC2)no1)C(C)O. The molecule has 1 saturated carbocycles. The maximum absolute atomic E-state index is 9.78. The number of hydrogen-bond acceptors (Lipinski definition) is 4. The third-order valence-corrected chi connectivity index (χ3v) is 4.29. The zero-order valence-electron chi connectivity index (χ0n) is 11.9. The van der Waals surface area contributed by atoms with Crippen LogP contribution >= 0.6 is 0 Å². The number of rotatable bonds is 5. The smallest absolute Gasteiger partial charge is 0.232 e. The van der Waals surface area contributed by atoms with Crippen molar-refractivity contribution < 1.29 is 9.63 Å². The van der Waals surface area contributed by atoms with Crippen molar-refractivity contribution in [1.82, 2.24) is 10.1 Å². The Morgan fingerprint density at radius 2 is 2.00 bits per heavy atom. The summed E-state index contributed by atoms with van der Waals surface area (Å²) in [4.78, 5) is 4.58. The van der Waals surface area contributed by atoms with Crippen LogP contribution in [0.5, 0.6) is 0 Å². The molecule has 2 atom stereocenters. The van der Waals surface area contributed by atoms with Gasteiger partial charge in [-0.05, 0) is 31.7 Å². The monoisotopic (exact) mass is 272 g/mol. The van der Waals surface area contributed by atoms with Crippen molar-refractivity contribution in [2.45, 2.75) is 50.5 Å². The van der Waals surface area contributed by atoms with Gasteiger partial charge in [0.05, 0.1) is 17.4 Å². The molecule has 106 valence electrons. The lowest BCUT2D eigenvalue weighted by Crippen LogP contribution is -2.15. The van der Waals surface area contributed by atoms with Crippen molar-refractivity contribution in [2.24, 2.45) is 0 Å². The summed E-state index contributed by atoms with van der Waals surface area (Å²) < 4.78 is 5.41. The van der Waals surface area contributed by atoms with Gasteiger partial charge in [0.25, 0.3) is 0 Å². The third kappa shape index (κ3) is 2.14. The summed E-state index contributed by atoms with van der Waals surface area (Å²) in [5.41, 5.74) is 1.18. The predicted octanol–water partition coefficient (Wildman–Crippen LogP) is 3.02. The Kier molecular flexibility index (Phi) is 3.34. The summed E-state index contributed by atoms with van der Waals surface area (Å²) in [6.07, 6.45) is 2.43. The molecule has 4 nitrogen and oxygen atoms in total. The van der Waals surface area contributed by atoms with Crippen LogP contribution in [-0.4, -0.2) is 21.4 Å². The first kappa shape index (κ1) is 13.3. The van der Waals surface area contributed by atoms with Gasteiger partial charge in [-0.1, -0.05) is 42.4 Å². The van der Waals surface area contributed by atoms with Gasteiger partial charge in [0.1, 0.15) is 0 Å². The number of hydrogen-bond donors (Lipinski definition) is 1. The maximum atomic E-state index is 9.78. The minimum atomic E-state index is -0.472. The second-order valence-electron chi connectivity index (χ2n) is 5.66. The summed E-state index contributed by atoms with van der Waals surface area (Å²) in [5.74, 6) is 1.24. The second kappa shape index (κ2) is 5.02. The molecule has 0 spiro atoms. The summed E-state index contributed by atoms with van der Waals surface area (Å²) >= 11 is 0. The zero-order chi connectivity index (χ0) is 14.2. The molecule has 1 aliphatic carbocycles. The van der Waals surface area contributed by atoms with Crippen LogP contribution in [0.25, 0.3) is 0 Å². The molecule has 4 heteroatoms. The van der Waals surface area contributed by atoms with Crippen LogP contribution in [0.1, 0.15) is 56.3 Å². The molecule has 2 unspecified atom stereocenters. The number of aliphatic hydroxyl groups excluding tert-OH is 1. The number of aliphatic hydroxyl groups is 1. The van der Waals surface area contributed by atoms with Gasteiger partial charge in [0.2, 0.25) is 5.89 Å². The average molecular weight is 272 g/mol. The molecule has 2 aromatic rings. The van der Waals surface area contributed by atoms with E-state index in [9.17, 15) is 5.11 Å². The highest BCUT2D eigenvalue weighted by Gasteiger charge is 2.50. The summed E-state index contributed by atoms with van der Waals surface area (Å²) in [6.45, 7) is 3.79. The van der Waals surface area contributed by atoms with Gasteiger partial charge in [0.15, 0.2) is 5.82 Å². The summed E-state index contributed by atoms with van der Waals surface area (Å²) in [5, 5.41) is 14.0. The number of nitrogens with zero attached hydrogens (tertiary/aromatic N) is 2. The molecule has 0 aliphatic heterocycles. The highest BCUT2D eigenvalue weighted by molar-refractivity contribution is 5.38. The quantitative estimate of drug-likeness (QED) is 0.909. The van der Waals surface area contributed by atoms with Crippen LogP contribution in [0, 0.1) is 0 Å². The van der Waals surface area contributed by atoms with Gasteiger partial charge in [0, 0.05) is 0 Å². The van der Waals surface area contributed by atoms with E-state index in [0.717, 1.165) is 25.1 Å². The average Bonchev–Trinajstić information content (AvgIpc) is 3.13. The van der Waals surface area contributed by atoms with Gasteiger partial charge >= 0.3 is 0 Å². The van der Waals surface area contributed by atoms with Gasteiger partial charge < -0.3 is 9.63 Å². The topological polar surface area (TPSA) is 59.2 Å². The molecule has 1 aliphatic rings. The fourth-order valence-electron chi connectivity index (χ4n) is 2.83. The summed E-state index contributed by atoms with van der Waals surface area (Å²) in [6, 6.07) is 10.3. The first-order valence-corrected chi connectivity index (χ1v) is 7.25. The minimum Gasteiger partial charge on any atom is -0.393 e. The Balaban J connectivity index is 1.91. The molecule has 1 heterocycles. The van der Waals surface area contributed by atoms with Crippen LogP contribution in [0.3, 0.4) is 0 Å². The lowest BCUT2D eigenvalue weighted by atomic mass is 9.95. The molecule has 1 N–H and O–H groups in total. The van der Waals surface area contributed by atoms with Crippen molar-refractivity contribution in [2.75, 3.05) is 0 Å². The van der Waals surface area contributed by atoms with Crippen LogP contribution in [0.15, 0.2) is 34.9 Å². The highest BCUT2D eigenvalue weighted by Crippen LogP contribution is 2.52. The largest absolute Gasteiger partial charge is 0.393 e. The molecular weight excluding hydrogens is 252 g/mol. The Hall–Kier alpha value is -1.68. The Morgan fingerprint density at radius 3 is 2.55 bits per heavy atom. The zero-order valence-corrected chi connectivity index (χ0v) is 11.9. The van der Waals surface area contributed by atoms with Crippen molar-refractivity contribution in [3.63, 3.8) is 0 Å². The van der Waals surface area contributed by atoms with Crippen LogP contribution in [0.2, 0.25) is 0 Å². The second-order valence-corrected chi connectivity index (χ2v) is 5.66. The normalized spacial score (nSPS) is 19.6. The van der Waals surface area contributed by atoms with Gasteiger partial charge in [-0.15, -0.1) is 0 Å². The van der Waals surface area contributed by atoms with Crippen molar-refractivity contribution >= 4 is 0 Å². The Morgan fingerprint density at radius 1 is 1.30 bits per heavy atom. The molecule has 20 heavy (non-hydrogen) atoms. The van der Waals surface area contributed by atoms with Crippen molar-refractivity contribution in [1.29, 1.82) is 0 Å². The lowest BCUT2D eigenvalue weighted by Gasteiger charge is -2.13. The fourth-order valence-corrected chi connectivity index (χ4v) is 2.83. The highest BCUT2D eigenvalue weighted by atomic mass is 16.5. The molecule has 1 aromatic heterocycles. The number of benzene rings is 1. The first-order chi connectivity index (χ1) is 9.67. The predicted molar refractivity (Wildman–Crippen MR) is 75.5 cm³/mol. The first-order valence-electron chi connectivity index (χ1n) is 7.25. The number of aromatic nitrogens is 2. The van der Waals surface area contributed by atoms with Crippen LogP contribution in [-0.2, 0) is 5.41 Å². The van der Waals surface area contributed by atoms with Gasteiger partial charge in [-0.2, -0.15) is 4.98 Å². The van der Waals surface area contributed by atoms with E-state index < -0.39 is 6.10 Å². The Bertz CT molecular complexity index is 573. The van der Waals surface area contributed by atoms with E-state index in [0.29, 0.717) is 5.89 Å². The molecule has 1 fully saturated rings. The lowest BCUT2D eigenvalue weighted by molar-refractivity contribution is 0.141. The third-order valence-electron chi connectivity index (χ3n) is 4.29. The van der Waals surface area contributed by atoms with Crippen LogP contribution in [0.4, 0.5) is 0 Å². The maximum Gasteiger partial charge on any atom is 0.232 e. The molecule has 0 bridgehead atoms. The molecular formula is C16H20N2O2. The van der Waals surface area contributed by atoms with Crippen molar-refractivity contribution in [3.05, 3.63) is 47.6 Å². The van der Waals surface area contributed by atoms with E-state index in [1.54, 1.807) is 6.92 Å².